The lowest BCUT2D eigenvalue weighted by Crippen LogP contribution is -2.31. The highest BCUT2D eigenvalue weighted by Crippen LogP contribution is 2.48. The third kappa shape index (κ3) is 2.16. The lowest BCUT2D eigenvalue weighted by Gasteiger charge is -2.32. The molecule has 1 aromatic rings. The summed E-state index contributed by atoms with van der Waals surface area (Å²) in [5, 5.41) is 0. The fourth-order valence-electron chi connectivity index (χ4n) is 3.20. The topological polar surface area (TPSA) is 26.0 Å². The van der Waals surface area contributed by atoms with Crippen LogP contribution in [-0.4, -0.2) is 0 Å². The van der Waals surface area contributed by atoms with Gasteiger partial charge in [-0.2, -0.15) is 0 Å². The van der Waals surface area contributed by atoms with E-state index in [-0.39, 0.29) is 16.9 Å². The van der Waals surface area contributed by atoms with Crippen molar-refractivity contribution in [1.29, 1.82) is 0 Å². The molecule has 0 radical (unpaired) electrons. The Balaban J connectivity index is 2.40. The van der Waals surface area contributed by atoms with E-state index in [1.807, 2.05) is 0 Å². The Bertz CT molecular complexity index is 454. The Hall–Kier alpha value is -0.960. The zero-order valence-corrected chi connectivity index (χ0v) is 11.3. The Kier molecular flexibility index (Phi) is 3.45. The van der Waals surface area contributed by atoms with Crippen LogP contribution in [0.5, 0.6) is 0 Å². The van der Waals surface area contributed by atoms with E-state index in [1.165, 1.54) is 12.1 Å². The van der Waals surface area contributed by atoms with Crippen LogP contribution in [0.4, 0.5) is 8.78 Å². The second kappa shape index (κ2) is 4.61. The molecule has 2 atom stereocenters. The first-order valence-corrected chi connectivity index (χ1v) is 6.54. The van der Waals surface area contributed by atoms with E-state index in [1.54, 1.807) is 6.92 Å². The Morgan fingerprint density at radius 2 is 2.00 bits per heavy atom. The first-order valence-electron chi connectivity index (χ1n) is 6.54. The summed E-state index contributed by atoms with van der Waals surface area (Å²) in [5.74, 6) is -0.859. The molecule has 1 fully saturated rings. The molecular formula is C15H21F2N. The zero-order valence-electron chi connectivity index (χ0n) is 11.3. The van der Waals surface area contributed by atoms with Crippen molar-refractivity contribution in [2.75, 3.05) is 0 Å². The van der Waals surface area contributed by atoms with Crippen molar-refractivity contribution < 1.29 is 8.78 Å². The monoisotopic (exact) mass is 253 g/mol. The fraction of sp³-hybridized carbons (Fsp3) is 0.600. The van der Waals surface area contributed by atoms with Crippen LogP contribution in [0.15, 0.2) is 12.1 Å². The van der Waals surface area contributed by atoms with E-state index in [0.29, 0.717) is 5.56 Å². The molecule has 1 aliphatic rings. The molecule has 0 spiro atoms. The minimum atomic E-state index is -0.553. The third-order valence-electron chi connectivity index (χ3n) is 4.43. The molecule has 1 aliphatic carbocycles. The molecule has 18 heavy (non-hydrogen) atoms. The number of rotatable bonds is 2. The molecule has 2 N–H and O–H groups in total. The first-order chi connectivity index (χ1) is 8.34. The van der Waals surface area contributed by atoms with E-state index >= 15 is 0 Å². The van der Waals surface area contributed by atoms with Gasteiger partial charge in [-0.25, -0.2) is 8.78 Å². The molecule has 0 aromatic heterocycles. The van der Waals surface area contributed by atoms with Gasteiger partial charge < -0.3 is 5.73 Å². The average molecular weight is 253 g/mol. The van der Waals surface area contributed by atoms with E-state index < -0.39 is 17.7 Å². The fourth-order valence-corrected chi connectivity index (χ4v) is 3.20. The highest BCUT2D eigenvalue weighted by molar-refractivity contribution is 5.30. The maximum Gasteiger partial charge on any atom is 0.133 e. The smallest absolute Gasteiger partial charge is 0.133 e. The van der Waals surface area contributed by atoms with Gasteiger partial charge in [0.25, 0.3) is 0 Å². The molecule has 2 rings (SSSR count). The van der Waals surface area contributed by atoms with Gasteiger partial charge in [0.05, 0.1) is 0 Å². The van der Waals surface area contributed by atoms with Crippen LogP contribution in [0.25, 0.3) is 0 Å². The molecule has 0 aliphatic heterocycles. The van der Waals surface area contributed by atoms with Crippen molar-refractivity contribution in [2.24, 2.45) is 17.1 Å². The standard InChI is InChI=1S/C15H21F2N/c1-9-6-7-11(16)12(13(9)17)14(18)10-5-4-8-15(10,2)3/h6-7,10,14H,4-5,8,18H2,1-3H3. The van der Waals surface area contributed by atoms with Crippen molar-refractivity contribution in [3.63, 3.8) is 0 Å². The summed E-state index contributed by atoms with van der Waals surface area (Å²) in [6, 6.07) is 2.22. The molecule has 0 bridgehead atoms. The SMILES string of the molecule is Cc1ccc(F)c(C(N)C2CCCC2(C)C)c1F. The number of benzene rings is 1. The normalized spacial score (nSPS) is 24.2. The molecular weight excluding hydrogens is 232 g/mol. The van der Waals surface area contributed by atoms with Gasteiger partial charge in [0, 0.05) is 11.6 Å². The predicted octanol–water partition coefficient (Wildman–Crippen LogP) is 4.10. The van der Waals surface area contributed by atoms with E-state index in [2.05, 4.69) is 13.8 Å². The number of hydrogen-bond acceptors (Lipinski definition) is 1. The predicted molar refractivity (Wildman–Crippen MR) is 69.1 cm³/mol. The average Bonchev–Trinajstić information content (AvgIpc) is 2.64. The number of nitrogens with two attached hydrogens (primary N) is 1. The number of aryl methyl sites for hydroxylation is 1. The molecule has 1 saturated carbocycles. The van der Waals surface area contributed by atoms with Gasteiger partial charge >= 0.3 is 0 Å². The minimum Gasteiger partial charge on any atom is -0.324 e. The van der Waals surface area contributed by atoms with E-state index in [9.17, 15) is 8.78 Å². The zero-order chi connectivity index (χ0) is 13.5. The summed E-state index contributed by atoms with van der Waals surface area (Å²) in [6.45, 7) is 5.91. The van der Waals surface area contributed by atoms with Crippen LogP contribution in [0.1, 0.15) is 50.3 Å². The van der Waals surface area contributed by atoms with Gasteiger partial charge in [0.1, 0.15) is 11.6 Å². The Morgan fingerprint density at radius 3 is 2.56 bits per heavy atom. The second-order valence-corrected chi connectivity index (χ2v) is 6.11. The van der Waals surface area contributed by atoms with Crippen LogP contribution in [0.2, 0.25) is 0 Å². The minimum absolute atomic E-state index is 0.0576. The molecule has 0 heterocycles. The summed E-state index contributed by atoms with van der Waals surface area (Å²) in [6.07, 6.45) is 3.10. The van der Waals surface area contributed by atoms with Crippen LogP contribution < -0.4 is 5.73 Å². The van der Waals surface area contributed by atoms with Gasteiger partial charge in [-0.05, 0) is 42.7 Å². The summed E-state index contributed by atoms with van der Waals surface area (Å²) >= 11 is 0. The van der Waals surface area contributed by atoms with Crippen molar-refractivity contribution >= 4 is 0 Å². The van der Waals surface area contributed by atoms with Crippen molar-refractivity contribution in [1.82, 2.24) is 0 Å². The highest BCUT2D eigenvalue weighted by atomic mass is 19.1. The lowest BCUT2D eigenvalue weighted by molar-refractivity contribution is 0.216. The lowest BCUT2D eigenvalue weighted by atomic mass is 9.75. The molecule has 1 nitrogen and oxygen atoms in total. The largest absolute Gasteiger partial charge is 0.324 e. The van der Waals surface area contributed by atoms with Gasteiger partial charge in [-0.15, -0.1) is 0 Å². The summed E-state index contributed by atoms with van der Waals surface area (Å²) in [7, 11) is 0. The van der Waals surface area contributed by atoms with Crippen LogP contribution in [0, 0.1) is 29.9 Å². The van der Waals surface area contributed by atoms with Crippen molar-refractivity contribution in [3.05, 3.63) is 34.9 Å². The summed E-state index contributed by atoms with van der Waals surface area (Å²) in [4.78, 5) is 0. The third-order valence-corrected chi connectivity index (χ3v) is 4.43. The van der Waals surface area contributed by atoms with Crippen LogP contribution >= 0.6 is 0 Å². The van der Waals surface area contributed by atoms with E-state index in [4.69, 9.17) is 5.73 Å². The number of halogens is 2. The van der Waals surface area contributed by atoms with Gasteiger partial charge in [0.2, 0.25) is 0 Å². The number of hydrogen-bond donors (Lipinski definition) is 1. The molecule has 100 valence electrons. The van der Waals surface area contributed by atoms with Crippen molar-refractivity contribution in [2.45, 2.75) is 46.1 Å². The van der Waals surface area contributed by atoms with Crippen LogP contribution in [-0.2, 0) is 0 Å². The Labute approximate surface area is 107 Å². The highest BCUT2D eigenvalue weighted by Gasteiger charge is 2.40. The van der Waals surface area contributed by atoms with Gasteiger partial charge in [-0.3, -0.25) is 0 Å². The van der Waals surface area contributed by atoms with E-state index in [0.717, 1.165) is 19.3 Å². The molecule has 0 amide bonds. The Morgan fingerprint density at radius 1 is 1.33 bits per heavy atom. The second-order valence-electron chi connectivity index (χ2n) is 6.11. The maximum absolute atomic E-state index is 14.1. The maximum atomic E-state index is 14.1. The van der Waals surface area contributed by atoms with Crippen molar-refractivity contribution in [3.8, 4) is 0 Å². The van der Waals surface area contributed by atoms with Gasteiger partial charge in [-0.1, -0.05) is 26.3 Å². The molecule has 1 aromatic carbocycles. The van der Waals surface area contributed by atoms with Gasteiger partial charge in [0.15, 0.2) is 0 Å². The first kappa shape index (κ1) is 13.5. The van der Waals surface area contributed by atoms with Crippen LogP contribution in [0.3, 0.4) is 0 Å². The molecule has 2 unspecified atom stereocenters. The summed E-state index contributed by atoms with van der Waals surface area (Å²) in [5.41, 5.74) is 6.74. The molecule has 0 saturated heterocycles. The summed E-state index contributed by atoms with van der Waals surface area (Å²) < 4.78 is 28.0. The molecule has 3 heteroatoms. The quantitative estimate of drug-likeness (QED) is 0.843.